The minimum Gasteiger partial charge on any atom is -0.394 e. The van der Waals surface area contributed by atoms with Gasteiger partial charge in [0.15, 0.2) is 0 Å². The van der Waals surface area contributed by atoms with E-state index < -0.39 is 10.9 Å². The Balaban J connectivity index is 1.86. The lowest BCUT2D eigenvalue weighted by molar-refractivity contribution is 0.598. The molecule has 4 nitrogen and oxygen atoms in total. The van der Waals surface area contributed by atoms with Crippen LogP contribution >= 0.6 is 0 Å². The third-order valence-electron chi connectivity index (χ3n) is 4.61. The number of nitrogens with two attached hydrogens (primary N) is 1. The van der Waals surface area contributed by atoms with Crippen molar-refractivity contribution in [1.82, 2.24) is 0 Å². The molecular formula is C18H22N2O2. The summed E-state index contributed by atoms with van der Waals surface area (Å²) in [5, 5.41) is 3.21. The van der Waals surface area contributed by atoms with Crippen molar-refractivity contribution in [3.05, 3.63) is 55.3 Å². The molecule has 0 saturated heterocycles. The maximum atomic E-state index is 11.6. The Kier molecular flexibility index (Phi) is 4.01. The van der Waals surface area contributed by atoms with Gasteiger partial charge in [-0.05, 0) is 48.8 Å². The van der Waals surface area contributed by atoms with E-state index >= 15 is 0 Å². The second kappa shape index (κ2) is 5.95. The molecule has 0 aliphatic heterocycles. The van der Waals surface area contributed by atoms with Gasteiger partial charge in [0.25, 0.3) is 10.9 Å². The van der Waals surface area contributed by atoms with Crippen LogP contribution in [0.4, 0.5) is 11.4 Å². The molecule has 0 fully saturated rings. The van der Waals surface area contributed by atoms with Crippen LogP contribution in [0.2, 0.25) is 0 Å². The zero-order chi connectivity index (χ0) is 15.7. The lowest BCUT2D eigenvalue weighted by Crippen LogP contribution is -2.38. The van der Waals surface area contributed by atoms with Crippen LogP contribution in [0, 0.1) is 0 Å². The van der Waals surface area contributed by atoms with Crippen LogP contribution in [0.25, 0.3) is 0 Å². The molecule has 116 valence electrons. The van der Waals surface area contributed by atoms with Gasteiger partial charge >= 0.3 is 0 Å². The molecular weight excluding hydrogens is 276 g/mol. The van der Waals surface area contributed by atoms with Crippen LogP contribution in [-0.4, -0.2) is 0 Å². The molecule has 0 spiro atoms. The molecule has 22 heavy (non-hydrogen) atoms. The van der Waals surface area contributed by atoms with Gasteiger partial charge in [0, 0.05) is 0 Å². The monoisotopic (exact) mass is 298 g/mol. The van der Waals surface area contributed by atoms with Gasteiger partial charge in [0.2, 0.25) is 0 Å². The number of hydrogen-bond acceptors (Lipinski definition) is 4. The molecule has 0 radical (unpaired) electrons. The van der Waals surface area contributed by atoms with E-state index in [4.69, 9.17) is 5.73 Å². The molecule has 0 aromatic heterocycles. The van der Waals surface area contributed by atoms with E-state index in [1.54, 1.807) is 0 Å². The lowest BCUT2D eigenvalue weighted by Gasteiger charge is -2.28. The fourth-order valence-corrected chi connectivity index (χ4v) is 3.26. The number of nitrogen functional groups attached to an aromatic ring is 1. The quantitative estimate of drug-likeness (QED) is 0.833. The van der Waals surface area contributed by atoms with Gasteiger partial charge in [0.05, 0.1) is 6.04 Å². The molecule has 1 atom stereocenters. The normalized spacial score (nSPS) is 17.4. The molecule has 0 heterocycles. The minimum absolute atomic E-state index is 0.0796. The van der Waals surface area contributed by atoms with Gasteiger partial charge in [-0.3, -0.25) is 9.59 Å². The molecule has 0 saturated carbocycles. The first-order chi connectivity index (χ1) is 10.6. The maximum absolute atomic E-state index is 11.6. The molecule has 1 unspecified atom stereocenters. The van der Waals surface area contributed by atoms with Crippen molar-refractivity contribution < 1.29 is 0 Å². The van der Waals surface area contributed by atoms with Crippen molar-refractivity contribution in [2.45, 2.75) is 51.5 Å². The topological polar surface area (TPSA) is 72.2 Å². The number of unbranched alkanes of at least 4 members (excludes halogenated alkanes) is 1. The van der Waals surface area contributed by atoms with Gasteiger partial charge in [0.1, 0.15) is 11.4 Å². The highest BCUT2D eigenvalue weighted by Gasteiger charge is 2.25. The van der Waals surface area contributed by atoms with Crippen molar-refractivity contribution in [2.24, 2.45) is 0 Å². The summed E-state index contributed by atoms with van der Waals surface area (Å²) in [6.45, 7) is 2.19. The van der Waals surface area contributed by atoms with Crippen LogP contribution in [0.15, 0.2) is 27.8 Å². The Hall–Kier alpha value is -2.10. The van der Waals surface area contributed by atoms with Gasteiger partial charge < -0.3 is 11.1 Å². The number of anilines is 2. The Morgan fingerprint density at radius 1 is 1.27 bits per heavy atom. The standard InChI is InChI=1S/C18H22N2O2/c1-2-3-5-11-8-9-12-6-4-7-14(13(12)10-11)20-16-15(19)17(21)18(16)22/h8-10,14,20H,2-7,19H2,1H3. The minimum atomic E-state index is -0.560. The summed E-state index contributed by atoms with van der Waals surface area (Å²) in [6.07, 6.45) is 6.55. The molecule has 4 heteroatoms. The average Bonchev–Trinajstić information content (AvgIpc) is 2.56. The van der Waals surface area contributed by atoms with E-state index in [2.05, 4.69) is 30.4 Å². The van der Waals surface area contributed by atoms with Crippen LogP contribution in [0.3, 0.4) is 0 Å². The highest BCUT2D eigenvalue weighted by molar-refractivity contribution is 5.72. The van der Waals surface area contributed by atoms with E-state index in [1.807, 2.05) is 0 Å². The Labute approximate surface area is 130 Å². The number of nitrogens with one attached hydrogen (secondary N) is 1. The number of aryl methyl sites for hydroxylation is 2. The summed E-state index contributed by atoms with van der Waals surface area (Å²) in [5.74, 6) is 0. The summed E-state index contributed by atoms with van der Waals surface area (Å²) in [7, 11) is 0. The highest BCUT2D eigenvalue weighted by atomic mass is 16.2. The number of fused-ring (bicyclic) bond motifs is 1. The van der Waals surface area contributed by atoms with Crippen molar-refractivity contribution in [3.63, 3.8) is 0 Å². The van der Waals surface area contributed by atoms with Crippen LogP contribution in [-0.2, 0) is 12.8 Å². The first kappa shape index (κ1) is 14.8. The van der Waals surface area contributed by atoms with Gasteiger partial charge in [-0.15, -0.1) is 0 Å². The van der Waals surface area contributed by atoms with Crippen molar-refractivity contribution in [1.29, 1.82) is 0 Å². The summed E-state index contributed by atoms with van der Waals surface area (Å²) in [4.78, 5) is 22.9. The molecule has 0 amide bonds. The van der Waals surface area contributed by atoms with Crippen molar-refractivity contribution in [3.8, 4) is 0 Å². The first-order valence-electron chi connectivity index (χ1n) is 8.08. The largest absolute Gasteiger partial charge is 0.394 e. The third kappa shape index (κ3) is 2.54. The van der Waals surface area contributed by atoms with E-state index in [0.29, 0.717) is 5.69 Å². The molecule has 0 bridgehead atoms. The van der Waals surface area contributed by atoms with E-state index in [1.165, 1.54) is 29.5 Å². The van der Waals surface area contributed by atoms with E-state index in [0.717, 1.165) is 25.7 Å². The van der Waals surface area contributed by atoms with Gasteiger partial charge in [-0.2, -0.15) is 0 Å². The first-order valence-corrected chi connectivity index (χ1v) is 8.08. The summed E-state index contributed by atoms with van der Waals surface area (Å²) < 4.78 is 0. The molecule has 1 aliphatic rings. The summed E-state index contributed by atoms with van der Waals surface area (Å²) in [6, 6.07) is 6.75. The van der Waals surface area contributed by atoms with E-state index in [-0.39, 0.29) is 11.7 Å². The molecule has 2 aromatic rings. The van der Waals surface area contributed by atoms with E-state index in [9.17, 15) is 9.59 Å². The second-order valence-corrected chi connectivity index (χ2v) is 6.17. The third-order valence-corrected chi connectivity index (χ3v) is 4.61. The summed E-state index contributed by atoms with van der Waals surface area (Å²) >= 11 is 0. The number of rotatable bonds is 5. The summed E-state index contributed by atoms with van der Waals surface area (Å²) in [5.41, 5.74) is 8.92. The van der Waals surface area contributed by atoms with Crippen LogP contribution in [0.1, 0.15) is 55.3 Å². The zero-order valence-electron chi connectivity index (χ0n) is 12.9. The fourth-order valence-electron chi connectivity index (χ4n) is 3.26. The SMILES string of the molecule is CCCCc1ccc2c(c1)C(Nc1c(N)c(=O)c1=O)CCC2. The smallest absolute Gasteiger partial charge is 0.253 e. The number of hydrogen-bond donors (Lipinski definition) is 2. The Bertz CT molecular complexity index is 757. The van der Waals surface area contributed by atoms with Crippen molar-refractivity contribution >= 4 is 11.4 Å². The van der Waals surface area contributed by atoms with Gasteiger partial charge in [-0.25, -0.2) is 0 Å². The zero-order valence-corrected chi connectivity index (χ0v) is 12.9. The molecule has 1 aliphatic carbocycles. The molecule has 3 rings (SSSR count). The lowest BCUT2D eigenvalue weighted by atomic mass is 9.85. The second-order valence-electron chi connectivity index (χ2n) is 6.17. The predicted molar refractivity (Wildman–Crippen MR) is 90.1 cm³/mol. The molecule has 3 N–H and O–H groups in total. The van der Waals surface area contributed by atoms with Crippen LogP contribution in [0.5, 0.6) is 0 Å². The predicted octanol–water partition coefficient (Wildman–Crippen LogP) is 2.70. The Morgan fingerprint density at radius 3 is 2.82 bits per heavy atom. The fraction of sp³-hybridized carbons (Fsp3) is 0.444. The number of benzene rings is 1. The molecule has 2 aromatic carbocycles. The van der Waals surface area contributed by atoms with Crippen LogP contribution < -0.4 is 21.9 Å². The maximum Gasteiger partial charge on any atom is 0.253 e. The van der Waals surface area contributed by atoms with Gasteiger partial charge in [-0.1, -0.05) is 31.5 Å². The average molecular weight is 298 g/mol. The highest BCUT2D eigenvalue weighted by Crippen LogP contribution is 2.33. The Morgan fingerprint density at radius 2 is 2.09 bits per heavy atom. The van der Waals surface area contributed by atoms with Crippen molar-refractivity contribution in [2.75, 3.05) is 11.1 Å².